The minimum Gasteiger partial charge on any atom is -0.477 e. The predicted octanol–water partition coefficient (Wildman–Crippen LogP) is 3.46. The van der Waals surface area contributed by atoms with Crippen molar-refractivity contribution in [2.24, 2.45) is 0 Å². The van der Waals surface area contributed by atoms with E-state index in [1.165, 1.54) is 24.4 Å². The summed E-state index contributed by atoms with van der Waals surface area (Å²) in [4.78, 5) is 24.6. The molecule has 2 aromatic rings. The molecule has 0 saturated heterocycles. The topological polar surface area (TPSA) is 68.7 Å². The summed E-state index contributed by atoms with van der Waals surface area (Å²) in [6.07, 6.45) is 2.53. The lowest BCUT2D eigenvalue weighted by Gasteiger charge is -2.08. The van der Waals surface area contributed by atoms with Crippen molar-refractivity contribution in [1.29, 1.82) is 0 Å². The summed E-state index contributed by atoms with van der Waals surface area (Å²) in [5.41, 5.74) is -0.124. The van der Waals surface area contributed by atoms with E-state index in [1.807, 2.05) is 0 Å². The van der Waals surface area contributed by atoms with Crippen LogP contribution in [0.4, 0.5) is 0 Å². The first-order valence-corrected chi connectivity index (χ1v) is 5.80. The van der Waals surface area contributed by atoms with Crippen LogP contribution in [0.5, 0.6) is 11.5 Å². The van der Waals surface area contributed by atoms with E-state index in [0.29, 0.717) is 5.02 Å². The van der Waals surface area contributed by atoms with Gasteiger partial charge in [0.2, 0.25) is 0 Å². The molecule has 0 aliphatic carbocycles. The first-order valence-electron chi connectivity index (χ1n) is 5.05. The summed E-state index contributed by atoms with van der Waals surface area (Å²) in [6, 6.07) is 5.94. The average molecular weight is 300 g/mol. The van der Waals surface area contributed by atoms with Crippen molar-refractivity contribution < 1.29 is 19.7 Å². The maximum atomic E-state index is 10.9. The molecule has 0 atom stereocenters. The Morgan fingerprint density at radius 2 is 1.89 bits per heavy atom. The van der Waals surface area contributed by atoms with Crippen LogP contribution < -0.4 is 9.78 Å². The molecule has 5 nitrogen and oxygen atoms in total. The fourth-order valence-corrected chi connectivity index (χ4v) is 1.56. The lowest BCUT2D eigenvalue weighted by molar-refractivity contribution is -0.100. The van der Waals surface area contributed by atoms with E-state index < -0.39 is 5.97 Å². The number of halogens is 2. The fourth-order valence-electron chi connectivity index (χ4n) is 1.25. The van der Waals surface area contributed by atoms with Gasteiger partial charge in [0.05, 0.1) is 5.02 Å². The van der Waals surface area contributed by atoms with Gasteiger partial charge in [-0.3, -0.25) is 14.8 Å². The van der Waals surface area contributed by atoms with Gasteiger partial charge >= 0.3 is 5.97 Å². The second-order valence-corrected chi connectivity index (χ2v) is 4.26. The molecule has 0 saturated carbocycles. The Morgan fingerprint density at radius 3 is 2.63 bits per heavy atom. The summed E-state index contributed by atoms with van der Waals surface area (Å²) in [5, 5.41) is 9.64. The lowest BCUT2D eigenvalue weighted by Crippen LogP contribution is -2.07. The Hall–Kier alpha value is -1.98. The normalized spacial score (nSPS) is 10.0. The summed E-state index contributed by atoms with van der Waals surface area (Å²) >= 11 is 11.7. The number of rotatable bonds is 4. The SMILES string of the molecule is O=C(O)c1cnccc1OOc1cc(Cl)ccc1Cl. The van der Waals surface area contributed by atoms with Gasteiger partial charge in [-0.25, -0.2) is 4.79 Å². The summed E-state index contributed by atoms with van der Waals surface area (Å²) < 4.78 is 0. The van der Waals surface area contributed by atoms with Gasteiger partial charge in [-0.05, 0) is 12.1 Å². The van der Waals surface area contributed by atoms with Crippen LogP contribution in [0.3, 0.4) is 0 Å². The molecule has 0 aliphatic heterocycles. The minimum absolute atomic E-state index is 0.0125. The molecular formula is C12H7Cl2NO4. The average Bonchev–Trinajstić information content (AvgIpc) is 2.40. The molecule has 19 heavy (non-hydrogen) atoms. The zero-order valence-electron chi connectivity index (χ0n) is 9.34. The van der Waals surface area contributed by atoms with Crippen molar-refractivity contribution in [2.75, 3.05) is 0 Å². The van der Waals surface area contributed by atoms with Gasteiger partial charge in [0.25, 0.3) is 0 Å². The molecule has 0 bridgehead atoms. The third kappa shape index (κ3) is 3.27. The third-order valence-electron chi connectivity index (χ3n) is 2.13. The number of carboxylic acids is 1. The highest BCUT2D eigenvalue weighted by molar-refractivity contribution is 6.34. The number of pyridine rings is 1. The first-order chi connectivity index (χ1) is 9.08. The van der Waals surface area contributed by atoms with Crippen LogP contribution in [0.2, 0.25) is 10.0 Å². The van der Waals surface area contributed by atoms with E-state index in [0.717, 1.165) is 6.20 Å². The Kier molecular flexibility index (Phi) is 4.09. The van der Waals surface area contributed by atoms with Crippen LogP contribution in [-0.2, 0) is 0 Å². The molecule has 0 spiro atoms. The summed E-state index contributed by atoms with van der Waals surface area (Å²) in [7, 11) is 0. The molecule has 98 valence electrons. The molecular weight excluding hydrogens is 293 g/mol. The van der Waals surface area contributed by atoms with Crippen LogP contribution in [0, 0.1) is 0 Å². The van der Waals surface area contributed by atoms with Crippen LogP contribution in [0.15, 0.2) is 36.7 Å². The smallest absolute Gasteiger partial charge is 0.341 e. The van der Waals surface area contributed by atoms with E-state index in [1.54, 1.807) is 6.07 Å². The fraction of sp³-hybridized carbons (Fsp3) is 0. The van der Waals surface area contributed by atoms with E-state index in [-0.39, 0.29) is 22.1 Å². The van der Waals surface area contributed by atoms with Gasteiger partial charge in [-0.2, -0.15) is 0 Å². The zero-order chi connectivity index (χ0) is 13.8. The zero-order valence-corrected chi connectivity index (χ0v) is 10.9. The van der Waals surface area contributed by atoms with Gasteiger partial charge in [0, 0.05) is 29.5 Å². The maximum Gasteiger partial charge on any atom is 0.341 e. The van der Waals surface area contributed by atoms with Crippen LogP contribution in [0.25, 0.3) is 0 Å². The molecule has 7 heteroatoms. The molecule has 1 aromatic carbocycles. The van der Waals surface area contributed by atoms with Crippen molar-refractivity contribution >= 4 is 29.2 Å². The number of aromatic carboxylic acids is 1. The largest absolute Gasteiger partial charge is 0.477 e. The van der Waals surface area contributed by atoms with Crippen LogP contribution in [0.1, 0.15) is 10.4 Å². The summed E-state index contributed by atoms with van der Waals surface area (Å²) in [6.45, 7) is 0. The second-order valence-electron chi connectivity index (χ2n) is 3.42. The first kappa shape index (κ1) is 13.5. The number of carbonyl (C=O) groups is 1. The van der Waals surface area contributed by atoms with Gasteiger partial charge in [0.1, 0.15) is 5.56 Å². The number of nitrogens with zero attached hydrogens (tertiary/aromatic N) is 1. The Balaban J connectivity index is 2.19. The van der Waals surface area contributed by atoms with Gasteiger partial charge in [0.15, 0.2) is 11.5 Å². The highest BCUT2D eigenvalue weighted by Crippen LogP contribution is 2.28. The molecule has 1 N–H and O–H groups in total. The lowest BCUT2D eigenvalue weighted by atomic mass is 10.3. The van der Waals surface area contributed by atoms with Crippen LogP contribution >= 0.6 is 23.2 Å². The van der Waals surface area contributed by atoms with Crippen LogP contribution in [-0.4, -0.2) is 16.1 Å². The molecule has 1 aromatic heterocycles. The third-order valence-corrected chi connectivity index (χ3v) is 2.67. The van der Waals surface area contributed by atoms with Gasteiger partial charge in [-0.15, -0.1) is 0 Å². The molecule has 0 fully saturated rings. The molecule has 0 radical (unpaired) electrons. The molecule has 0 aliphatic rings. The van der Waals surface area contributed by atoms with E-state index in [2.05, 4.69) is 4.98 Å². The monoisotopic (exact) mass is 299 g/mol. The standard InChI is InChI=1S/C12H7Cl2NO4/c13-7-1-2-9(14)11(5-7)19-18-10-3-4-15-6-8(10)12(16)17/h1-6H,(H,16,17). The molecule has 2 rings (SSSR count). The van der Waals surface area contributed by atoms with Crippen molar-refractivity contribution in [3.8, 4) is 11.5 Å². The van der Waals surface area contributed by atoms with Gasteiger partial charge < -0.3 is 5.11 Å². The number of aromatic nitrogens is 1. The Morgan fingerprint density at radius 1 is 1.16 bits per heavy atom. The van der Waals surface area contributed by atoms with E-state index in [4.69, 9.17) is 38.1 Å². The quantitative estimate of drug-likeness (QED) is 0.691. The molecule has 0 unspecified atom stereocenters. The maximum absolute atomic E-state index is 10.9. The summed E-state index contributed by atoms with van der Waals surface area (Å²) in [5.74, 6) is -0.982. The number of carboxylic acid groups (broad SMARTS) is 1. The highest BCUT2D eigenvalue weighted by Gasteiger charge is 2.13. The van der Waals surface area contributed by atoms with Gasteiger partial charge in [-0.1, -0.05) is 23.2 Å². The minimum atomic E-state index is -1.18. The number of hydrogen-bond acceptors (Lipinski definition) is 4. The highest BCUT2D eigenvalue weighted by atomic mass is 35.5. The van der Waals surface area contributed by atoms with Crippen molar-refractivity contribution in [3.05, 3.63) is 52.3 Å². The second kappa shape index (κ2) is 5.77. The van der Waals surface area contributed by atoms with Crippen molar-refractivity contribution in [3.63, 3.8) is 0 Å². The predicted molar refractivity (Wildman–Crippen MR) is 68.9 cm³/mol. The van der Waals surface area contributed by atoms with E-state index >= 15 is 0 Å². The number of hydrogen-bond donors (Lipinski definition) is 1. The Labute approximate surface area is 118 Å². The molecule has 1 heterocycles. The Bertz CT molecular complexity index is 618. The van der Waals surface area contributed by atoms with E-state index in [9.17, 15) is 4.79 Å². The number of benzene rings is 1. The van der Waals surface area contributed by atoms with Crippen molar-refractivity contribution in [1.82, 2.24) is 4.98 Å². The molecule has 0 amide bonds. The van der Waals surface area contributed by atoms with Crippen molar-refractivity contribution in [2.45, 2.75) is 0 Å².